The molecule has 1 aliphatic rings. The number of alkyl halides is 3. The van der Waals surface area contributed by atoms with Crippen LogP contribution in [0, 0.1) is 5.92 Å². The van der Waals surface area contributed by atoms with Gasteiger partial charge in [0.25, 0.3) is 5.91 Å². The molecular weight excluding hydrogens is 393 g/mol. The summed E-state index contributed by atoms with van der Waals surface area (Å²) in [7, 11) is 0. The van der Waals surface area contributed by atoms with E-state index in [0.717, 1.165) is 50.5 Å². The lowest BCUT2D eigenvalue weighted by atomic mass is 10.0. The number of hydrogen-bond donors (Lipinski definition) is 1. The first kappa shape index (κ1) is 24.5. The van der Waals surface area contributed by atoms with Gasteiger partial charge in [0.1, 0.15) is 0 Å². The molecule has 1 amide bonds. The van der Waals surface area contributed by atoms with Gasteiger partial charge in [-0.15, -0.1) is 0 Å². The fourth-order valence-electron chi connectivity index (χ4n) is 3.86. The van der Waals surface area contributed by atoms with Crippen molar-refractivity contribution in [2.75, 3.05) is 18.1 Å². The normalized spacial score (nSPS) is 18.3. The molecule has 170 valence electrons. The Morgan fingerprint density at radius 3 is 2.17 bits per heavy atom. The quantitative estimate of drug-likeness (QED) is 0.415. The number of halogens is 3. The Bertz CT molecular complexity index is 649. The first-order valence-electron chi connectivity index (χ1n) is 11.2. The minimum Gasteiger partial charge on any atom is -0.388 e. The van der Waals surface area contributed by atoms with Crippen LogP contribution in [0.3, 0.4) is 0 Å². The van der Waals surface area contributed by atoms with E-state index >= 15 is 0 Å². The Balaban J connectivity index is 2.08. The molecule has 0 saturated carbocycles. The number of amides is 1. The third-order valence-corrected chi connectivity index (χ3v) is 5.73. The van der Waals surface area contributed by atoms with Gasteiger partial charge in [0.05, 0.1) is 18.3 Å². The van der Waals surface area contributed by atoms with Crippen molar-refractivity contribution in [3.8, 4) is 0 Å². The van der Waals surface area contributed by atoms with Gasteiger partial charge < -0.3 is 5.11 Å². The zero-order valence-electron chi connectivity index (χ0n) is 18.1. The molecule has 1 N–H and O–H groups in total. The lowest BCUT2D eigenvalue weighted by molar-refractivity contribution is -0.178. The smallest absolute Gasteiger partial charge is 0.388 e. The molecule has 4 nitrogen and oxygen atoms in total. The van der Waals surface area contributed by atoms with Crippen molar-refractivity contribution in [3.63, 3.8) is 0 Å². The van der Waals surface area contributed by atoms with Crippen molar-refractivity contribution >= 4 is 11.6 Å². The molecule has 30 heavy (non-hydrogen) atoms. The number of aliphatic hydroxyl groups is 1. The van der Waals surface area contributed by atoms with E-state index in [4.69, 9.17) is 0 Å². The number of carbonyl (C=O) groups is 1. The number of hydrogen-bond acceptors (Lipinski definition) is 3. The van der Waals surface area contributed by atoms with Crippen LogP contribution in [0.4, 0.5) is 18.9 Å². The highest BCUT2D eigenvalue weighted by molar-refractivity contribution is 5.85. The van der Waals surface area contributed by atoms with Crippen LogP contribution in [0.5, 0.6) is 0 Å². The second kappa shape index (κ2) is 11.6. The second-order valence-corrected chi connectivity index (χ2v) is 8.16. The maximum Gasteiger partial charge on any atom is 0.402 e. The molecule has 0 radical (unpaired) electrons. The van der Waals surface area contributed by atoms with Gasteiger partial charge in [-0.1, -0.05) is 70.9 Å². The summed E-state index contributed by atoms with van der Waals surface area (Å²) >= 11 is 0. The average Bonchev–Trinajstić information content (AvgIpc) is 3.05. The highest BCUT2D eigenvalue weighted by Crippen LogP contribution is 2.36. The molecule has 0 aliphatic carbocycles. The average molecular weight is 429 g/mol. The number of hydrazine groups is 1. The predicted molar refractivity (Wildman–Crippen MR) is 113 cm³/mol. The Hall–Kier alpha value is -1.76. The summed E-state index contributed by atoms with van der Waals surface area (Å²) in [6.07, 6.45) is 3.40. The Morgan fingerprint density at radius 2 is 1.60 bits per heavy atom. The van der Waals surface area contributed by atoms with Gasteiger partial charge >= 0.3 is 6.18 Å². The highest BCUT2D eigenvalue weighted by Gasteiger charge is 2.53. The molecule has 2 unspecified atom stereocenters. The Morgan fingerprint density at radius 1 is 1.00 bits per heavy atom. The van der Waals surface area contributed by atoms with Crippen molar-refractivity contribution in [3.05, 3.63) is 29.8 Å². The Labute approximate surface area is 178 Å². The van der Waals surface area contributed by atoms with Gasteiger partial charge in [-0.25, -0.2) is 0 Å². The number of carbonyl (C=O) groups excluding carboxylic acids is 1. The van der Waals surface area contributed by atoms with Gasteiger partial charge in [0.2, 0.25) is 0 Å². The van der Waals surface area contributed by atoms with Crippen LogP contribution in [0.15, 0.2) is 24.3 Å². The number of anilines is 1. The minimum absolute atomic E-state index is 0.285. The lowest BCUT2D eigenvalue weighted by Crippen LogP contribution is -2.40. The van der Waals surface area contributed by atoms with Gasteiger partial charge in [-0.2, -0.15) is 13.2 Å². The summed E-state index contributed by atoms with van der Waals surface area (Å²) in [5.41, 5.74) is 1.30. The van der Waals surface area contributed by atoms with Crippen LogP contribution in [0.2, 0.25) is 0 Å². The third kappa shape index (κ3) is 6.62. The monoisotopic (exact) mass is 428 g/mol. The fraction of sp³-hybridized carbons (Fsp3) is 0.696. The SMILES string of the molecule is CCCCCCC(O)c1ccc(N2CC(C(F)(F)F)C(=O)N2CCCCCC)cc1. The van der Waals surface area contributed by atoms with Gasteiger partial charge in [-0.3, -0.25) is 14.8 Å². The lowest BCUT2D eigenvalue weighted by Gasteiger charge is -2.30. The fourth-order valence-corrected chi connectivity index (χ4v) is 3.86. The highest BCUT2D eigenvalue weighted by atomic mass is 19.4. The molecule has 0 bridgehead atoms. The number of rotatable bonds is 12. The van der Waals surface area contributed by atoms with Crippen LogP contribution in [-0.2, 0) is 4.79 Å². The minimum atomic E-state index is -4.55. The van der Waals surface area contributed by atoms with E-state index in [9.17, 15) is 23.1 Å². The summed E-state index contributed by atoms with van der Waals surface area (Å²) < 4.78 is 40.1. The van der Waals surface area contributed by atoms with Crippen LogP contribution >= 0.6 is 0 Å². The van der Waals surface area contributed by atoms with Crippen LogP contribution in [-0.4, -0.2) is 35.3 Å². The van der Waals surface area contributed by atoms with Crippen LogP contribution < -0.4 is 5.01 Å². The molecule has 2 rings (SSSR count). The zero-order valence-corrected chi connectivity index (χ0v) is 18.1. The summed E-state index contributed by atoms with van der Waals surface area (Å²) in [6.45, 7) is 4.09. The van der Waals surface area contributed by atoms with E-state index < -0.39 is 30.7 Å². The van der Waals surface area contributed by atoms with Crippen molar-refractivity contribution in [2.45, 2.75) is 83.9 Å². The standard InChI is InChI=1S/C23H35F3N2O2/c1-3-5-7-9-11-21(29)18-12-14-19(15-13-18)28-17-20(23(24,25)26)22(30)27(28)16-10-8-6-4-2/h12-15,20-21,29H,3-11,16-17H2,1-2H3. The van der Waals surface area contributed by atoms with E-state index in [1.165, 1.54) is 10.0 Å². The maximum atomic E-state index is 13.4. The van der Waals surface area contributed by atoms with Gasteiger partial charge in [0.15, 0.2) is 5.92 Å². The molecule has 2 atom stereocenters. The molecule has 1 heterocycles. The topological polar surface area (TPSA) is 43.8 Å². The molecule has 7 heteroatoms. The second-order valence-electron chi connectivity index (χ2n) is 8.16. The molecule has 1 aromatic rings. The predicted octanol–water partition coefficient (Wildman–Crippen LogP) is 6.01. The molecule has 1 aromatic carbocycles. The van der Waals surface area contributed by atoms with Crippen LogP contribution in [0.1, 0.15) is 83.3 Å². The van der Waals surface area contributed by atoms with Crippen molar-refractivity contribution in [1.29, 1.82) is 0 Å². The first-order chi connectivity index (χ1) is 14.3. The van der Waals surface area contributed by atoms with Crippen LogP contribution in [0.25, 0.3) is 0 Å². The van der Waals surface area contributed by atoms with E-state index in [0.29, 0.717) is 18.5 Å². The summed E-state index contributed by atoms with van der Waals surface area (Å²) in [5, 5.41) is 13.1. The molecule has 1 fully saturated rings. The maximum absolute atomic E-state index is 13.4. The van der Waals surface area contributed by atoms with Crippen molar-refractivity contribution < 1.29 is 23.1 Å². The van der Waals surface area contributed by atoms with E-state index in [-0.39, 0.29) is 6.54 Å². The molecule has 1 saturated heterocycles. The van der Waals surface area contributed by atoms with E-state index in [1.54, 1.807) is 24.3 Å². The summed E-state index contributed by atoms with van der Waals surface area (Å²) in [6, 6.07) is 6.91. The number of unbranched alkanes of at least 4 members (excludes halogenated alkanes) is 6. The summed E-state index contributed by atoms with van der Waals surface area (Å²) in [4.78, 5) is 12.5. The van der Waals surface area contributed by atoms with Crippen molar-refractivity contribution in [1.82, 2.24) is 5.01 Å². The number of nitrogens with zero attached hydrogens (tertiary/aromatic N) is 2. The zero-order chi connectivity index (χ0) is 22.1. The number of aliphatic hydroxyl groups excluding tert-OH is 1. The third-order valence-electron chi connectivity index (χ3n) is 5.73. The van der Waals surface area contributed by atoms with Gasteiger partial charge in [0, 0.05) is 6.54 Å². The first-order valence-corrected chi connectivity index (χ1v) is 11.2. The summed E-state index contributed by atoms with van der Waals surface area (Å²) in [5.74, 6) is -2.87. The molecule has 0 spiro atoms. The van der Waals surface area contributed by atoms with E-state index in [1.807, 2.05) is 0 Å². The largest absolute Gasteiger partial charge is 0.402 e. The molecular formula is C23H35F3N2O2. The van der Waals surface area contributed by atoms with E-state index in [2.05, 4.69) is 13.8 Å². The molecule has 1 aliphatic heterocycles. The number of benzene rings is 1. The van der Waals surface area contributed by atoms with Crippen molar-refractivity contribution in [2.24, 2.45) is 5.92 Å². The molecule has 0 aromatic heterocycles. The van der Waals surface area contributed by atoms with Gasteiger partial charge in [-0.05, 0) is 30.5 Å². The Kier molecular flexibility index (Phi) is 9.46.